The van der Waals surface area contributed by atoms with Gasteiger partial charge in [0.2, 0.25) is 0 Å². The second-order valence-corrected chi connectivity index (χ2v) is 12.7. The van der Waals surface area contributed by atoms with Gasteiger partial charge in [0.05, 0.1) is 9.79 Å². The molecular weight excluding hydrogens is 574 g/mol. The number of rotatable bonds is 10. The number of hydrogen-bond donors (Lipinski definition) is 2. The number of allylic oxidation sites excluding steroid dienone is 5. The molecule has 0 saturated carbocycles. The van der Waals surface area contributed by atoms with Crippen LogP contribution in [0.15, 0.2) is 94.3 Å². The van der Waals surface area contributed by atoms with E-state index in [0.29, 0.717) is 16.5 Å². The minimum absolute atomic E-state index is 0.246. The average Bonchev–Trinajstić information content (AvgIpc) is 2.99. The van der Waals surface area contributed by atoms with Crippen molar-refractivity contribution in [3.8, 4) is 0 Å². The standard InChI is InChI=1S/C31H35N3O6S2/c1-5-33(6-2)25-13-9-22(10-14-25)31(23-11-15-26(16-12-23)34(7-3)8-4)30-21-28(41(35,36)37)20-24-19-27(17-18-29(24)30)42(38,39)40-32/h9-21H,5-8,32H2,1-4H3/p+1. The fraction of sp³-hybridized carbons (Fsp3) is 0.258. The summed E-state index contributed by atoms with van der Waals surface area (Å²) in [6, 6.07) is 14.9. The van der Waals surface area contributed by atoms with Crippen LogP contribution in [0.5, 0.6) is 0 Å². The number of hydrogen-bond acceptors (Lipinski definition) is 7. The van der Waals surface area contributed by atoms with E-state index in [9.17, 15) is 21.4 Å². The Balaban J connectivity index is 2.07. The molecule has 1 aliphatic carbocycles. The Morgan fingerprint density at radius 2 is 1.43 bits per heavy atom. The molecule has 0 saturated heterocycles. The third-order valence-corrected chi connectivity index (χ3v) is 9.37. The first-order chi connectivity index (χ1) is 20.0. The minimum atomic E-state index is -4.65. The van der Waals surface area contributed by atoms with Crippen LogP contribution in [0.2, 0.25) is 0 Å². The number of fused-ring (bicyclic) bond motifs is 1. The molecule has 0 bridgehead atoms. The van der Waals surface area contributed by atoms with Gasteiger partial charge in [-0.2, -0.15) is 27.0 Å². The molecule has 0 fully saturated rings. The lowest BCUT2D eigenvalue weighted by Crippen LogP contribution is -2.21. The first-order valence-corrected chi connectivity index (χ1v) is 16.6. The third-order valence-electron chi connectivity index (χ3n) is 7.45. The molecule has 3 aromatic rings. The molecule has 9 nitrogen and oxygen atoms in total. The van der Waals surface area contributed by atoms with E-state index >= 15 is 0 Å². The number of nitrogens with two attached hydrogens (primary N) is 1. The van der Waals surface area contributed by atoms with E-state index in [1.54, 1.807) is 6.07 Å². The summed E-state index contributed by atoms with van der Waals surface area (Å²) < 4.78 is 65.9. The Morgan fingerprint density at radius 1 is 0.833 bits per heavy atom. The minimum Gasteiger partial charge on any atom is -0.372 e. The van der Waals surface area contributed by atoms with Crippen LogP contribution >= 0.6 is 0 Å². The smallest absolute Gasteiger partial charge is 0.312 e. The zero-order chi connectivity index (χ0) is 30.7. The summed E-state index contributed by atoms with van der Waals surface area (Å²) in [5.41, 5.74) is 4.95. The van der Waals surface area contributed by atoms with Crippen molar-refractivity contribution in [2.75, 3.05) is 31.1 Å². The second kappa shape index (κ2) is 12.7. The van der Waals surface area contributed by atoms with Gasteiger partial charge in [-0.05, 0) is 109 Å². The summed E-state index contributed by atoms with van der Waals surface area (Å²) in [6.45, 7) is 11.7. The number of benzene rings is 3. The van der Waals surface area contributed by atoms with Gasteiger partial charge in [0.15, 0.2) is 5.71 Å². The Labute approximate surface area is 247 Å². The molecule has 0 spiro atoms. The molecule has 1 aliphatic rings. The molecule has 222 valence electrons. The topological polar surface area (TPSA) is 130 Å². The number of anilines is 1. The zero-order valence-corrected chi connectivity index (χ0v) is 25.7. The van der Waals surface area contributed by atoms with Crippen molar-refractivity contribution in [3.63, 3.8) is 0 Å². The van der Waals surface area contributed by atoms with E-state index in [2.05, 4.69) is 41.5 Å². The quantitative estimate of drug-likeness (QED) is 0.188. The lowest BCUT2D eigenvalue weighted by atomic mass is 9.88. The van der Waals surface area contributed by atoms with Crippen molar-refractivity contribution in [1.82, 2.24) is 0 Å². The average molecular weight is 611 g/mol. The predicted octanol–water partition coefficient (Wildman–Crippen LogP) is 4.93. The molecule has 42 heavy (non-hydrogen) atoms. The van der Waals surface area contributed by atoms with Gasteiger partial charge in [0, 0.05) is 30.9 Å². The highest BCUT2D eigenvalue weighted by molar-refractivity contribution is 7.86. The van der Waals surface area contributed by atoms with Crippen LogP contribution in [0.3, 0.4) is 0 Å². The van der Waals surface area contributed by atoms with Gasteiger partial charge in [-0.1, -0.05) is 18.2 Å². The molecule has 3 aromatic carbocycles. The lowest BCUT2D eigenvalue weighted by molar-refractivity contribution is -0.519. The summed E-state index contributed by atoms with van der Waals surface area (Å²) >= 11 is 0. The normalized spacial score (nSPS) is 13.6. The van der Waals surface area contributed by atoms with Crippen LogP contribution in [0.4, 0.5) is 5.69 Å². The molecule has 3 N–H and O–H groups in total. The third kappa shape index (κ3) is 6.40. The van der Waals surface area contributed by atoms with Crippen molar-refractivity contribution in [2.45, 2.75) is 37.5 Å². The second-order valence-electron chi connectivity index (χ2n) is 9.69. The van der Waals surface area contributed by atoms with E-state index in [-0.39, 0.29) is 15.2 Å². The number of nitrogens with zero attached hydrogens (tertiary/aromatic N) is 2. The highest BCUT2D eigenvalue weighted by Gasteiger charge is 2.22. The highest BCUT2D eigenvalue weighted by atomic mass is 32.2. The van der Waals surface area contributed by atoms with E-state index in [1.807, 2.05) is 48.6 Å². The summed E-state index contributed by atoms with van der Waals surface area (Å²) in [7, 11) is -8.91. The van der Waals surface area contributed by atoms with Gasteiger partial charge < -0.3 is 4.90 Å². The Hall–Kier alpha value is -3.61. The van der Waals surface area contributed by atoms with Crippen LogP contribution < -0.4 is 10.8 Å². The van der Waals surface area contributed by atoms with Crippen LogP contribution in [-0.2, 0) is 24.5 Å². The van der Waals surface area contributed by atoms with Crippen molar-refractivity contribution < 1.29 is 30.2 Å². The van der Waals surface area contributed by atoms with Gasteiger partial charge in [0.25, 0.3) is 10.1 Å². The highest BCUT2D eigenvalue weighted by Crippen LogP contribution is 2.37. The summed E-state index contributed by atoms with van der Waals surface area (Å²) in [6.07, 6.45) is 8.00. The molecule has 0 radical (unpaired) electrons. The fourth-order valence-corrected chi connectivity index (χ4v) is 6.38. The summed E-state index contributed by atoms with van der Waals surface area (Å²) in [4.78, 5) is 1.60. The van der Waals surface area contributed by atoms with E-state index in [1.165, 1.54) is 24.3 Å². The zero-order valence-electron chi connectivity index (χ0n) is 24.1. The lowest BCUT2D eigenvalue weighted by Gasteiger charge is -2.22. The fourth-order valence-electron chi connectivity index (χ4n) is 5.22. The molecule has 0 amide bonds. The van der Waals surface area contributed by atoms with Gasteiger partial charge in [-0.25, -0.2) is 4.58 Å². The van der Waals surface area contributed by atoms with Crippen LogP contribution in [0, 0.1) is 0 Å². The summed E-state index contributed by atoms with van der Waals surface area (Å²) in [5.74, 6) is 4.98. The van der Waals surface area contributed by atoms with Crippen molar-refractivity contribution in [3.05, 3.63) is 95.6 Å². The van der Waals surface area contributed by atoms with Crippen LogP contribution in [-0.4, -0.2) is 57.9 Å². The van der Waals surface area contributed by atoms with Crippen LogP contribution in [0.25, 0.3) is 16.3 Å². The van der Waals surface area contributed by atoms with E-state index < -0.39 is 20.2 Å². The molecule has 0 atom stereocenters. The molecule has 11 heteroatoms. The maximum Gasteiger partial charge on any atom is 0.312 e. The van der Waals surface area contributed by atoms with Crippen molar-refractivity contribution >= 4 is 48.0 Å². The Morgan fingerprint density at radius 3 is 1.95 bits per heavy atom. The Kier molecular flexibility index (Phi) is 9.49. The molecule has 4 rings (SSSR count). The van der Waals surface area contributed by atoms with Gasteiger partial charge in [-0.15, -0.1) is 0 Å². The largest absolute Gasteiger partial charge is 0.372 e. The monoisotopic (exact) mass is 610 g/mol. The van der Waals surface area contributed by atoms with E-state index in [4.69, 9.17) is 5.90 Å². The van der Waals surface area contributed by atoms with Crippen molar-refractivity contribution in [1.29, 1.82) is 0 Å². The SMILES string of the molecule is CCN(CC)c1ccc(C(=C2C=CC(=[N+](CC)CC)C=C2)c2cc(S(=O)(=O)O)cc3cc(S(=O)(=O)ON)ccc23)cc1. The molecule has 0 aromatic heterocycles. The maximum absolute atomic E-state index is 12.4. The first-order valence-electron chi connectivity index (χ1n) is 13.7. The van der Waals surface area contributed by atoms with Crippen LogP contribution in [0.1, 0.15) is 38.8 Å². The van der Waals surface area contributed by atoms with Gasteiger partial charge in [0.1, 0.15) is 13.1 Å². The molecule has 0 aliphatic heterocycles. The van der Waals surface area contributed by atoms with Crippen molar-refractivity contribution in [2.24, 2.45) is 5.90 Å². The summed E-state index contributed by atoms with van der Waals surface area (Å²) in [5, 5.41) is 0.851. The van der Waals surface area contributed by atoms with Gasteiger partial charge in [-0.3, -0.25) is 4.55 Å². The molecular formula is C31H36N3O6S2+. The molecule has 0 heterocycles. The Bertz CT molecular complexity index is 1810. The molecule has 0 unspecified atom stereocenters. The van der Waals surface area contributed by atoms with E-state index in [0.717, 1.165) is 48.7 Å². The first kappa shape index (κ1) is 31.3. The van der Waals surface area contributed by atoms with Gasteiger partial charge >= 0.3 is 10.1 Å². The predicted molar refractivity (Wildman–Crippen MR) is 167 cm³/mol. The maximum atomic E-state index is 12.4.